The smallest absolute Gasteiger partial charge is 0.310 e. The summed E-state index contributed by atoms with van der Waals surface area (Å²) in [5.74, 6) is -0.816. The number of hydrogen-bond acceptors (Lipinski definition) is 6. The van der Waals surface area contributed by atoms with Gasteiger partial charge in [-0.2, -0.15) is 5.26 Å². The number of carbonyl (C=O) groups is 2. The number of nitrogens with zero attached hydrogens (tertiary/aromatic N) is 3. The summed E-state index contributed by atoms with van der Waals surface area (Å²) in [4.78, 5) is 31.5. The van der Waals surface area contributed by atoms with E-state index in [2.05, 4.69) is 11.4 Å². The number of likely N-dealkylation sites (tertiary alicyclic amines) is 1. The van der Waals surface area contributed by atoms with Crippen LogP contribution in [0.1, 0.15) is 51.9 Å². The molecule has 0 aromatic carbocycles. The van der Waals surface area contributed by atoms with Crippen molar-refractivity contribution in [1.29, 1.82) is 5.26 Å². The van der Waals surface area contributed by atoms with Crippen LogP contribution in [0.4, 0.5) is 0 Å². The van der Waals surface area contributed by atoms with Crippen molar-refractivity contribution in [3.63, 3.8) is 0 Å². The molecule has 0 unspecified atom stereocenters. The van der Waals surface area contributed by atoms with E-state index in [1.807, 2.05) is 4.90 Å². The zero-order valence-corrected chi connectivity index (χ0v) is 14.8. The van der Waals surface area contributed by atoms with Crippen molar-refractivity contribution < 1.29 is 14.3 Å². The number of nitriles is 1. The first-order valence-electron chi connectivity index (χ1n) is 9.31. The first-order valence-corrected chi connectivity index (χ1v) is 9.31. The molecule has 2 fully saturated rings. The molecular weight excluding hydrogens is 320 g/mol. The van der Waals surface area contributed by atoms with Gasteiger partial charge in [0.15, 0.2) is 5.92 Å². The van der Waals surface area contributed by atoms with Gasteiger partial charge in [0, 0.05) is 13.1 Å². The molecule has 0 aromatic heterocycles. The van der Waals surface area contributed by atoms with Gasteiger partial charge in [-0.05, 0) is 32.6 Å². The molecule has 0 aromatic rings. The summed E-state index contributed by atoms with van der Waals surface area (Å²) in [6.45, 7) is 3.44. The molecule has 1 N–H and O–H groups in total. The monoisotopic (exact) mass is 346 g/mol. The van der Waals surface area contributed by atoms with E-state index in [1.165, 1.54) is 0 Å². The Labute approximate surface area is 148 Å². The Bertz CT molecular complexity index is 604. The molecule has 0 bridgehead atoms. The molecule has 7 heteroatoms. The highest BCUT2D eigenvalue weighted by atomic mass is 16.5. The van der Waals surface area contributed by atoms with Crippen LogP contribution in [0.25, 0.3) is 0 Å². The fourth-order valence-electron chi connectivity index (χ4n) is 4.24. The van der Waals surface area contributed by atoms with Crippen molar-refractivity contribution >= 4 is 17.8 Å². The van der Waals surface area contributed by atoms with E-state index in [1.54, 1.807) is 6.92 Å². The van der Waals surface area contributed by atoms with E-state index in [0.717, 1.165) is 51.5 Å². The Hall–Kier alpha value is -2.10. The molecule has 2 atom stereocenters. The normalized spacial score (nSPS) is 28.7. The summed E-state index contributed by atoms with van der Waals surface area (Å²) in [7, 11) is 0. The Morgan fingerprint density at radius 1 is 1.40 bits per heavy atom. The van der Waals surface area contributed by atoms with Crippen molar-refractivity contribution in [2.45, 2.75) is 57.4 Å². The quantitative estimate of drug-likeness (QED) is 0.766. The average Bonchev–Trinajstić information content (AvgIpc) is 2.62. The highest BCUT2D eigenvalue weighted by molar-refractivity contribution is 6.02. The molecule has 1 saturated carbocycles. The molecule has 1 aliphatic carbocycles. The molecule has 25 heavy (non-hydrogen) atoms. The number of amides is 1. The van der Waals surface area contributed by atoms with Gasteiger partial charge in [0.05, 0.1) is 24.1 Å². The third-order valence-electron chi connectivity index (χ3n) is 5.55. The van der Waals surface area contributed by atoms with Gasteiger partial charge >= 0.3 is 5.97 Å². The minimum atomic E-state index is -0.720. The standard InChI is InChI=1S/C18H26N4O3/c1-2-25-16(24)13-7-6-10-22(12-13)17-20-15(23)14(11-19)18(21-17)8-4-3-5-9-18/h13-14H,2-10,12H2,1H3,(H,20,21,23)/t13-,14-/m0/s1. The van der Waals surface area contributed by atoms with Gasteiger partial charge in [-0.25, -0.2) is 4.99 Å². The summed E-state index contributed by atoms with van der Waals surface area (Å²) < 4.78 is 5.15. The summed E-state index contributed by atoms with van der Waals surface area (Å²) in [6, 6.07) is 2.17. The summed E-state index contributed by atoms with van der Waals surface area (Å²) in [5, 5.41) is 12.3. The third kappa shape index (κ3) is 3.48. The Kier molecular flexibility index (Phi) is 5.26. The predicted molar refractivity (Wildman–Crippen MR) is 91.4 cm³/mol. The van der Waals surface area contributed by atoms with E-state index in [0.29, 0.717) is 19.1 Å². The fourth-order valence-corrected chi connectivity index (χ4v) is 4.24. The number of guanidine groups is 1. The van der Waals surface area contributed by atoms with Crippen molar-refractivity contribution in [3.8, 4) is 6.07 Å². The zero-order valence-electron chi connectivity index (χ0n) is 14.8. The van der Waals surface area contributed by atoms with E-state index in [-0.39, 0.29) is 17.8 Å². The van der Waals surface area contributed by atoms with Gasteiger partial charge in [-0.15, -0.1) is 0 Å². The van der Waals surface area contributed by atoms with E-state index in [9.17, 15) is 14.9 Å². The second kappa shape index (κ2) is 7.42. The number of hydrogen-bond donors (Lipinski definition) is 1. The molecule has 3 aliphatic rings. The summed E-state index contributed by atoms with van der Waals surface area (Å²) >= 11 is 0. The van der Waals surface area contributed by atoms with Crippen LogP contribution in [0.15, 0.2) is 4.99 Å². The van der Waals surface area contributed by atoms with Crippen LogP contribution in [-0.2, 0) is 14.3 Å². The van der Waals surface area contributed by atoms with Crippen LogP contribution in [-0.4, -0.2) is 48.0 Å². The lowest BCUT2D eigenvalue weighted by Crippen LogP contribution is -2.59. The SMILES string of the molecule is CCOC(=O)[C@H]1CCCN(C2=NC3(CCCCC3)[C@@H](C#N)C(=O)N2)C1. The predicted octanol–water partition coefficient (Wildman–Crippen LogP) is 1.59. The summed E-state index contributed by atoms with van der Waals surface area (Å²) in [5.41, 5.74) is -0.596. The van der Waals surface area contributed by atoms with Gasteiger partial charge in [-0.1, -0.05) is 19.3 Å². The van der Waals surface area contributed by atoms with Crippen molar-refractivity contribution in [2.75, 3.05) is 19.7 Å². The molecular formula is C18H26N4O3. The second-order valence-electron chi connectivity index (χ2n) is 7.19. The van der Waals surface area contributed by atoms with Crippen LogP contribution in [0.5, 0.6) is 0 Å². The van der Waals surface area contributed by atoms with E-state index in [4.69, 9.17) is 9.73 Å². The molecule has 1 saturated heterocycles. The molecule has 7 nitrogen and oxygen atoms in total. The third-order valence-corrected chi connectivity index (χ3v) is 5.55. The topological polar surface area (TPSA) is 94.8 Å². The number of ether oxygens (including phenoxy) is 1. The van der Waals surface area contributed by atoms with E-state index >= 15 is 0 Å². The van der Waals surface area contributed by atoms with Crippen LogP contribution in [0, 0.1) is 23.2 Å². The number of rotatable bonds is 2. The Balaban J connectivity index is 1.82. The van der Waals surface area contributed by atoms with Gasteiger partial charge < -0.3 is 9.64 Å². The largest absolute Gasteiger partial charge is 0.466 e. The minimum Gasteiger partial charge on any atom is -0.466 e. The molecule has 1 spiro atoms. The second-order valence-corrected chi connectivity index (χ2v) is 7.19. The molecule has 0 radical (unpaired) electrons. The van der Waals surface area contributed by atoms with E-state index < -0.39 is 11.5 Å². The molecule has 136 valence electrons. The number of piperidine rings is 1. The van der Waals surface area contributed by atoms with Crippen LogP contribution in [0.2, 0.25) is 0 Å². The Morgan fingerprint density at radius 2 is 2.16 bits per heavy atom. The zero-order chi connectivity index (χ0) is 17.9. The first-order chi connectivity index (χ1) is 12.1. The minimum absolute atomic E-state index is 0.183. The summed E-state index contributed by atoms with van der Waals surface area (Å²) in [6.07, 6.45) is 6.31. The van der Waals surface area contributed by atoms with Gasteiger partial charge in [0.25, 0.3) is 0 Å². The first kappa shape index (κ1) is 17.7. The van der Waals surface area contributed by atoms with Gasteiger partial charge in [0.2, 0.25) is 11.9 Å². The lowest BCUT2D eigenvalue weighted by molar-refractivity contribution is -0.149. The van der Waals surface area contributed by atoms with Gasteiger partial charge in [0.1, 0.15) is 0 Å². The maximum atomic E-state index is 12.5. The van der Waals surface area contributed by atoms with Crippen LogP contribution >= 0.6 is 0 Å². The van der Waals surface area contributed by atoms with Crippen LogP contribution in [0.3, 0.4) is 0 Å². The molecule has 3 rings (SSSR count). The van der Waals surface area contributed by atoms with Crippen molar-refractivity contribution in [2.24, 2.45) is 16.8 Å². The van der Waals surface area contributed by atoms with Crippen LogP contribution < -0.4 is 5.32 Å². The lowest BCUT2D eigenvalue weighted by Gasteiger charge is -2.43. The fraction of sp³-hybridized carbons (Fsp3) is 0.778. The number of nitrogens with one attached hydrogen (secondary N) is 1. The molecule has 2 aliphatic heterocycles. The molecule has 1 amide bonds. The number of aliphatic imine (C=N–C) groups is 1. The van der Waals surface area contributed by atoms with Crippen molar-refractivity contribution in [1.82, 2.24) is 10.2 Å². The highest BCUT2D eigenvalue weighted by Crippen LogP contribution is 2.40. The Morgan fingerprint density at radius 3 is 2.84 bits per heavy atom. The van der Waals surface area contributed by atoms with Gasteiger partial charge in [-0.3, -0.25) is 14.9 Å². The lowest BCUT2D eigenvalue weighted by atomic mass is 9.72. The maximum Gasteiger partial charge on any atom is 0.310 e. The number of esters is 1. The highest BCUT2D eigenvalue weighted by Gasteiger charge is 2.48. The number of carbonyl (C=O) groups excluding carboxylic acids is 2. The average molecular weight is 346 g/mol. The maximum absolute atomic E-state index is 12.5. The van der Waals surface area contributed by atoms with Crippen molar-refractivity contribution in [3.05, 3.63) is 0 Å². The molecule has 2 heterocycles.